The molecule has 0 unspecified atom stereocenters. The number of carbonyl (C=O) groups is 3. The zero-order chi connectivity index (χ0) is 21.5. The molecule has 0 aliphatic carbocycles. The van der Waals surface area contributed by atoms with Crippen LogP contribution in [0.4, 0.5) is 5.69 Å². The highest BCUT2D eigenvalue weighted by molar-refractivity contribution is 6.12. The maximum atomic E-state index is 13.6. The van der Waals surface area contributed by atoms with Gasteiger partial charge in [-0.05, 0) is 45.4 Å². The largest absolute Gasteiger partial charge is 0.353 e. The molecule has 1 aromatic rings. The molecule has 2 amide bonds. The molecule has 29 heavy (non-hydrogen) atoms. The van der Waals surface area contributed by atoms with Gasteiger partial charge < -0.3 is 4.90 Å². The number of nitrogens with zero attached hydrogens (tertiary/aromatic N) is 2. The number of benzene rings is 1. The van der Waals surface area contributed by atoms with Crippen molar-refractivity contribution in [1.29, 1.82) is 0 Å². The van der Waals surface area contributed by atoms with Crippen molar-refractivity contribution in [3.05, 3.63) is 35.4 Å². The van der Waals surface area contributed by atoms with Crippen LogP contribution in [0.2, 0.25) is 0 Å². The Labute approximate surface area is 172 Å². The number of hydrogen-bond donors (Lipinski definition) is 0. The topological polar surface area (TPSA) is 57.7 Å². The van der Waals surface area contributed by atoms with Gasteiger partial charge in [-0.2, -0.15) is 0 Å². The van der Waals surface area contributed by atoms with Crippen molar-refractivity contribution in [2.45, 2.75) is 66.1 Å². The summed E-state index contributed by atoms with van der Waals surface area (Å²) >= 11 is 0. The molecule has 2 fully saturated rings. The van der Waals surface area contributed by atoms with Crippen molar-refractivity contribution >= 4 is 29.4 Å². The summed E-state index contributed by atoms with van der Waals surface area (Å²) in [5.41, 5.74) is 1.88. The van der Waals surface area contributed by atoms with E-state index in [4.69, 9.17) is 0 Å². The second kappa shape index (κ2) is 6.04. The number of imide groups is 1. The van der Waals surface area contributed by atoms with Gasteiger partial charge in [-0.3, -0.25) is 19.3 Å². The van der Waals surface area contributed by atoms with Crippen molar-refractivity contribution < 1.29 is 14.4 Å². The second-order valence-corrected chi connectivity index (χ2v) is 10.6. The van der Waals surface area contributed by atoms with E-state index in [2.05, 4.69) is 6.07 Å². The molecule has 2 saturated heterocycles. The fourth-order valence-electron chi connectivity index (χ4n) is 5.10. The number of amides is 2. The van der Waals surface area contributed by atoms with Gasteiger partial charge in [0.2, 0.25) is 11.8 Å². The Hall–Kier alpha value is -2.43. The number of hydrogen-bond acceptors (Lipinski definition) is 4. The molecule has 154 valence electrons. The maximum absolute atomic E-state index is 13.6. The molecule has 3 aliphatic rings. The van der Waals surface area contributed by atoms with Gasteiger partial charge >= 0.3 is 0 Å². The molecule has 5 heteroatoms. The van der Waals surface area contributed by atoms with E-state index in [9.17, 15) is 14.4 Å². The van der Waals surface area contributed by atoms with Crippen molar-refractivity contribution in [2.24, 2.45) is 17.3 Å². The Morgan fingerprint density at radius 3 is 2.17 bits per heavy atom. The minimum absolute atomic E-state index is 0.00809. The van der Waals surface area contributed by atoms with E-state index in [0.29, 0.717) is 0 Å². The molecule has 4 atom stereocenters. The molecule has 5 nitrogen and oxygen atoms in total. The number of anilines is 1. The Balaban J connectivity index is 1.90. The average Bonchev–Trinajstić information content (AvgIpc) is 3.06. The number of fused-ring (bicyclic) bond motifs is 5. The monoisotopic (exact) mass is 394 g/mol. The summed E-state index contributed by atoms with van der Waals surface area (Å²) in [6, 6.07) is 5.20. The molecule has 3 heterocycles. The molecule has 0 saturated carbocycles. The average molecular weight is 395 g/mol. The van der Waals surface area contributed by atoms with Crippen LogP contribution < -0.4 is 4.90 Å². The third kappa shape index (κ3) is 2.77. The summed E-state index contributed by atoms with van der Waals surface area (Å²) < 4.78 is 0. The fourth-order valence-corrected chi connectivity index (χ4v) is 5.10. The smallest absolute Gasteiger partial charge is 0.236 e. The number of Topliss-reactive ketones (excluding diaryl/α,β-unsaturated/α-hetero) is 1. The Kier molecular flexibility index (Phi) is 4.14. The molecule has 3 aliphatic heterocycles. The van der Waals surface area contributed by atoms with Crippen LogP contribution in [0.1, 0.15) is 52.7 Å². The van der Waals surface area contributed by atoms with E-state index in [0.717, 1.165) is 16.8 Å². The highest BCUT2D eigenvalue weighted by Gasteiger charge is 2.65. The fraction of sp³-hybridized carbons (Fsp3) is 0.542. The highest BCUT2D eigenvalue weighted by Crippen LogP contribution is 2.50. The number of ketones is 1. The van der Waals surface area contributed by atoms with Crippen LogP contribution in [-0.2, 0) is 14.4 Å². The lowest BCUT2D eigenvalue weighted by atomic mass is 9.79. The molecule has 0 aromatic heterocycles. The predicted molar refractivity (Wildman–Crippen MR) is 113 cm³/mol. The first-order valence-electron chi connectivity index (χ1n) is 10.3. The molecule has 0 N–H and O–H groups in total. The van der Waals surface area contributed by atoms with Crippen LogP contribution in [-0.4, -0.2) is 40.1 Å². The zero-order valence-electron chi connectivity index (χ0n) is 18.3. The lowest BCUT2D eigenvalue weighted by molar-refractivity contribution is -0.146. The van der Waals surface area contributed by atoms with E-state index >= 15 is 0 Å². The summed E-state index contributed by atoms with van der Waals surface area (Å²) in [5, 5.41) is 0. The molecule has 4 rings (SSSR count). The van der Waals surface area contributed by atoms with Crippen LogP contribution in [0.5, 0.6) is 0 Å². The normalized spacial score (nSPS) is 28.5. The number of likely N-dealkylation sites (tertiary alicyclic amines) is 1. The van der Waals surface area contributed by atoms with E-state index in [1.54, 1.807) is 0 Å². The van der Waals surface area contributed by atoms with Crippen LogP contribution in [0.25, 0.3) is 6.08 Å². The Bertz CT molecular complexity index is 948. The van der Waals surface area contributed by atoms with Crippen LogP contribution >= 0.6 is 0 Å². The third-order valence-corrected chi connectivity index (χ3v) is 6.34. The lowest BCUT2D eigenvalue weighted by Gasteiger charge is -2.40. The van der Waals surface area contributed by atoms with Crippen molar-refractivity contribution in [3.8, 4) is 0 Å². The van der Waals surface area contributed by atoms with Gasteiger partial charge in [0.1, 0.15) is 6.04 Å². The third-order valence-electron chi connectivity index (χ3n) is 6.34. The number of carbonyl (C=O) groups excluding carboxylic acids is 3. The quantitative estimate of drug-likeness (QED) is 0.683. The Morgan fingerprint density at radius 1 is 0.966 bits per heavy atom. The highest BCUT2D eigenvalue weighted by atomic mass is 16.2. The maximum Gasteiger partial charge on any atom is 0.236 e. The Morgan fingerprint density at radius 2 is 1.59 bits per heavy atom. The predicted octanol–water partition coefficient (Wildman–Crippen LogP) is 3.59. The van der Waals surface area contributed by atoms with Gasteiger partial charge in [-0.1, -0.05) is 44.6 Å². The summed E-state index contributed by atoms with van der Waals surface area (Å²) in [5.74, 6) is -1.54. The second-order valence-electron chi connectivity index (χ2n) is 10.6. The molecule has 1 aromatic carbocycles. The first kappa shape index (κ1) is 19.9. The van der Waals surface area contributed by atoms with Gasteiger partial charge in [0.25, 0.3) is 0 Å². The van der Waals surface area contributed by atoms with E-state index < -0.39 is 28.8 Å². The molecular formula is C24H30N2O3. The van der Waals surface area contributed by atoms with Gasteiger partial charge in [-0.25, -0.2) is 0 Å². The van der Waals surface area contributed by atoms with Gasteiger partial charge in [0.15, 0.2) is 5.78 Å². The standard InChI is InChI=1S/C24H30N2O3/c1-13-8-10-15-14(12-13)9-11-16-17-18(19(25(15)16)20(27)23(2,3)4)22(29)26(21(17)28)24(5,6)7/h8-12,16-19H,1-7H3/t16-,17+,18-,19+/m1/s1. The molecular weight excluding hydrogens is 364 g/mol. The minimum Gasteiger partial charge on any atom is -0.353 e. The first-order valence-corrected chi connectivity index (χ1v) is 10.3. The SMILES string of the molecule is Cc1ccc2c(c1)C=C[C@@H]1[C@@H]3C(=O)N(C(C)(C)C)C(=O)[C@H]3[C@@H](C(=O)C(C)(C)C)N21. The van der Waals surface area contributed by atoms with Gasteiger partial charge in [0.05, 0.1) is 17.9 Å². The first-order chi connectivity index (χ1) is 13.3. The van der Waals surface area contributed by atoms with E-state index in [1.165, 1.54) is 4.90 Å². The van der Waals surface area contributed by atoms with E-state index in [1.807, 2.05) is 77.7 Å². The van der Waals surface area contributed by atoms with Crippen molar-refractivity contribution in [2.75, 3.05) is 4.90 Å². The van der Waals surface area contributed by atoms with Crippen LogP contribution in [0.3, 0.4) is 0 Å². The van der Waals surface area contributed by atoms with E-state index in [-0.39, 0.29) is 23.6 Å². The van der Waals surface area contributed by atoms with Gasteiger partial charge in [-0.15, -0.1) is 0 Å². The molecule has 0 spiro atoms. The summed E-state index contributed by atoms with van der Waals surface area (Å²) in [4.78, 5) is 44.0. The lowest BCUT2D eigenvalue weighted by Crippen LogP contribution is -2.54. The van der Waals surface area contributed by atoms with Crippen LogP contribution in [0.15, 0.2) is 24.3 Å². The van der Waals surface area contributed by atoms with Crippen LogP contribution in [0, 0.1) is 24.2 Å². The number of rotatable bonds is 1. The minimum atomic E-state index is -0.643. The molecule has 0 bridgehead atoms. The van der Waals surface area contributed by atoms with Crippen molar-refractivity contribution in [3.63, 3.8) is 0 Å². The number of aryl methyl sites for hydroxylation is 1. The summed E-state index contributed by atoms with van der Waals surface area (Å²) in [6.07, 6.45) is 4.04. The van der Waals surface area contributed by atoms with Crippen molar-refractivity contribution in [1.82, 2.24) is 4.90 Å². The summed E-state index contributed by atoms with van der Waals surface area (Å²) in [7, 11) is 0. The van der Waals surface area contributed by atoms with Gasteiger partial charge in [0, 0.05) is 16.6 Å². The zero-order valence-corrected chi connectivity index (χ0v) is 18.3. The summed E-state index contributed by atoms with van der Waals surface area (Å²) in [6.45, 7) is 13.3. The molecule has 0 radical (unpaired) electrons.